The molecule has 6 rings (SSSR count). The minimum Gasteiger partial charge on any atom is -0.449 e. The van der Waals surface area contributed by atoms with Crippen LogP contribution in [0.15, 0.2) is 85.1 Å². The highest BCUT2D eigenvalue weighted by molar-refractivity contribution is 6.07. The maximum atomic E-state index is 6.57. The molecule has 0 atom stereocenters. The van der Waals surface area contributed by atoms with E-state index in [1.807, 2.05) is 0 Å². The first-order valence-electron chi connectivity index (χ1n) is 9.93. The van der Waals surface area contributed by atoms with Crippen molar-refractivity contribution in [2.45, 2.75) is 6.92 Å². The van der Waals surface area contributed by atoms with E-state index in [4.69, 9.17) is 4.74 Å². The molecular weight excluding hydrogens is 354 g/mol. The molecule has 0 fully saturated rings. The number of hydrogen-bond acceptors (Lipinski definition) is 1. The molecule has 0 aliphatic carbocycles. The maximum Gasteiger partial charge on any atom is 0.257 e. The summed E-state index contributed by atoms with van der Waals surface area (Å²) in [7, 11) is 2.11. The number of ether oxygens (including phenoxy) is 1. The second-order valence-electron chi connectivity index (χ2n) is 7.80. The second-order valence-corrected chi connectivity index (χ2v) is 7.80. The molecule has 0 saturated heterocycles. The molecule has 1 aromatic heterocycles. The molecule has 2 nitrogen and oxygen atoms in total. The van der Waals surface area contributed by atoms with Gasteiger partial charge in [0.15, 0.2) is 6.20 Å². The van der Waals surface area contributed by atoms with Crippen LogP contribution in [0, 0.1) is 6.92 Å². The predicted octanol–water partition coefficient (Wildman–Crippen LogP) is 6.57. The molecule has 29 heavy (non-hydrogen) atoms. The van der Waals surface area contributed by atoms with E-state index >= 15 is 0 Å². The fourth-order valence-electron chi connectivity index (χ4n) is 4.58. The summed E-state index contributed by atoms with van der Waals surface area (Å²) in [5.74, 6) is 1.88. The lowest BCUT2D eigenvalue weighted by atomic mass is 9.92. The fourth-order valence-corrected chi connectivity index (χ4v) is 4.58. The van der Waals surface area contributed by atoms with Crippen LogP contribution in [-0.4, -0.2) is 0 Å². The van der Waals surface area contributed by atoms with Crippen LogP contribution in [0.3, 0.4) is 0 Å². The van der Waals surface area contributed by atoms with Gasteiger partial charge in [-0.2, -0.15) is 4.57 Å². The van der Waals surface area contributed by atoms with E-state index in [1.165, 1.54) is 38.4 Å². The Kier molecular flexibility index (Phi) is 3.33. The van der Waals surface area contributed by atoms with Crippen LogP contribution in [0.1, 0.15) is 5.56 Å². The lowest BCUT2D eigenvalue weighted by Gasteiger charge is -2.22. The van der Waals surface area contributed by atoms with Gasteiger partial charge in [0.25, 0.3) is 5.69 Å². The summed E-state index contributed by atoms with van der Waals surface area (Å²) in [6.07, 6.45) is 2.21. The van der Waals surface area contributed by atoms with Crippen molar-refractivity contribution in [3.63, 3.8) is 0 Å². The van der Waals surface area contributed by atoms with Gasteiger partial charge in [0.05, 0.1) is 5.56 Å². The monoisotopic (exact) mass is 374 g/mol. The summed E-state index contributed by atoms with van der Waals surface area (Å²) in [6, 6.07) is 27.8. The minimum absolute atomic E-state index is 0.936. The SMILES string of the molecule is Cc1ccc2cccc3c2c1-c1c(c2cc(-c4ccccc4)ccc2c[n+]1C)O3. The van der Waals surface area contributed by atoms with E-state index in [0.717, 1.165) is 22.6 Å². The van der Waals surface area contributed by atoms with Crippen LogP contribution < -0.4 is 9.30 Å². The number of nitrogens with zero attached hydrogens (tertiary/aromatic N) is 1. The first-order chi connectivity index (χ1) is 14.2. The van der Waals surface area contributed by atoms with Crippen LogP contribution in [-0.2, 0) is 7.05 Å². The lowest BCUT2D eigenvalue weighted by Crippen LogP contribution is -2.32. The number of aryl methyl sites for hydroxylation is 2. The zero-order chi connectivity index (χ0) is 19.5. The molecule has 4 aromatic carbocycles. The normalized spacial score (nSPS) is 12.1. The number of aromatic nitrogens is 1. The Morgan fingerprint density at radius 1 is 0.759 bits per heavy atom. The highest BCUT2D eigenvalue weighted by atomic mass is 16.5. The van der Waals surface area contributed by atoms with Crippen LogP contribution in [0.5, 0.6) is 11.5 Å². The first-order valence-corrected chi connectivity index (χ1v) is 9.93. The molecule has 0 bridgehead atoms. The van der Waals surface area contributed by atoms with Gasteiger partial charge in [-0.1, -0.05) is 60.7 Å². The van der Waals surface area contributed by atoms with Crippen molar-refractivity contribution in [1.29, 1.82) is 0 Å². The quantitative estimate of drug-likeness (QED) is 0.297. The largest absolute Gasteiger partial charge is 0.449 e. The Bertz CT molecular complexity index is 1430. The average Bonchev–Trinajstić information content (AvgIpc) is 2.76. The Morgan fingerprint density at radius 2 is 1.59 bits per heavy atom. The van der Waals surface area contributed by atoms with Crippen LogP contribution in [0.2, 0.25) is 0 Å². The van der Waals surface area contributed by atoms with E-state index in [0.29, 0.717) is 0 Å². The van der Waals surface area contributed by atoms with Crippen molar-refractivity contribution in [3.05, 3.63) is 90.6 Å². The van der Waals surface area contributed by atoms with Gasteiger partial charge in [-0.25, -0.2) is 0 Å². The number of benzene rings is 4. The molecule has 0 unspecified atom stereocenters. The van der Waals surface area contributed by atoms with E-state index in [1.54, 1.807) is 0 Å². The summed E-state index contributed by atoms with van der Waals surface area (Å²) in [4.78, 5) is 0. The van der Waals surface area contributed by atoms with E-state index in [9.17, 15) is 0 Å². The van der Waals surface area contributed by atoms with Gasteiger partial charge in [0.2, 0.25) is 5.75 Å². The molecule has 1 aliphatic heterocycles. The lowest BCUT2D eigenvalue weighted by molar-refractivity contribution is -0.659. The van der Waals surface area contributed by atoms with E-state index < -0.39 is 0 Å². The number of hydrogen-bond donors (Lipinski definition) is 0. The van der Waals surface area contributed by atoms with E-state index in [2.05, 4.69) is 104 Å². The molecule has 5 aromatic rings. The molecule has 0 N–H and O–H groups in total. The van der Waals surface area contributed by atoms with Gasteiger partial charge in [-0.05, 0) is 47.2 Å². The standard InChI is InChI=1S/C27H20NO/c1-17-11-12-19-9-6-10-23-25(19)24(17)26-27(29-23)22-15-20(18-7-4-3-5-8-18)13-14-21(22)16-28(26)2/h3-16H,1-2H3/q+1. The summed E-state index contributed by atoms with van der Waals surface area (Å²) >= 11 is 0. The highest BCUT2D eigenvalue weighted by Crippen LogP contribution is 2.48. The van der Waals surface area contributed by atoms with Crippen molar-refractivity contribution in [3.8, 4) is 33.9 Å². The zero-order valence-electron chi connectivity index (χ0n) is 16.4. The summed E-state index contributed by atoms with van der Waals surface area (Å²) < 4.78 is 8.77. The van der Waals surface area contributed by atoms with E-state index in [-0.39, 0.29) is 0 Å². The number of fused-ring (bicyclic) bond motifs is 4. The highest BCUT2D eigenvalue weighted by Gasteiger charge is 2.31. The van der Waals surface area contributed by atoms with Gasteiger partial charge in [-0.15, -0.1) is 0 Å². The average molecular weight is 374 g/mol. The molecule has 0 amide bonds. The fraction of sp³-hybridized carbons (Fsp3) is 0.0741. The Labute approximate surface area is 169 Å². The van der Waals surface area contributed by atoms with Crippen molar-refractivity contribution < 1.29 is 9.30 Å². The van der Waals surface area contributed by atoms with Crippen molar-refractivity contribution in [2.24, 2.45) is 7.05 Å². The van der Waals surface area contributed by atoms with Crippen LogP contribution in [0.25, 0.3) is 43.9 Å². The molecule has 0 spiro atoms. The number of pyridine rings is 1. The summed E-state index contributed by atoms with van der Waals surface area (Å²) in [5.41, 5.74) is 6.10. The molecule has 2 heteroatoms. The second kappa shape index (κ2) is 5.92. The maximum absolute atomic E-state index is 6.57. The first kappa shape index (κ1) is 16.3. The summed E-state index contributed by atoms with van der Waals surface area (Å²) in [6.45, 7) is 2.19. The Morgan fingerprint density at radius 3 is 2.45 bits per heavy atom. The van der Waals surface area contributed by atoms with Gasteiger partial charge < -0.3 is 4.74 Å². The Balaban J connectivity index is 1.72. The van der Waals surface area contributed by atoms with Crippen LogP contribution >= 0.6 is 0 Å². The van der Waals surface area contributed by atoms with Gasteiger partial charge in [0, 0.05) is 16.2 Å². The minimum atomic E-state index is 0.936. The van der Waals surface area contributed by atoms with Gasteiger partial charge >= 0.3 is 0 Å². The predicted molar refractivity (Wildman–Crippen MR) is 118 cm³/mol. The van der Waals surface area contributed by atoms with Crippen molar-refractivity contribution in [1.82, 2.24) is 0 Å². The molecule has 138 valence electrons. The van der Waals surface area contributed by atoms with Crippen molar-refractivity contribution in [2.75, 3.05) is 0 Å². The molecule has 0 radical (unpaired) electrons. The third kappa shape index (κ3) is 2.32. The zero-order valence-corrected chi connectivity index (χ0v) is 16.4. The molecule has 1 aliphatic rings. The van der Waals surface area contributed by atoms with Crippen LogP contribution in [0.4, 0.5) is 0 Å². The van der Waals surface area contributed by atoms with Gasteiger partial charge in [-0.3, -0.25) is 0 Å². The Hall–Kier alpha value is -3.65. The third-order valence-electron chi connectivity index (χ3n) is 5.97. The molecule has 2 heterocycles. The van der Waals surface area contributed by atoms with Gasteiger partial charge in [0.1, 0.15) is 12.8 Å². The summed E-state index contributed by atoms with van der Waals surface area (Å²) in [5, 5.41) is 4.74. The molecule has 0 saturated carbocycles. The smallest absolute Gasteiger partial charge is 0.257 e. The topological polar surface area (TPSA) is 13.1 Å². The number of rotatable bonds is 1. The van der Waals surface area contributed by atoms with Crippen molar-refractivity contribution >= 4 is 21.5 Å². The molecular formula is C27H20NO+. The third-order valence-corrected chi connectivity index (χ3v) is 5.97.